The van der Waals surface area contributed by atoms with Gasteiger partial charge in [0, 0.05) is 5.75 Å². The first-order valence-electron chi connectivity index (χ1n) is 7.80. The van der Waals surface area contributed by atoms with E-state index >= 15 is 0 Å². The molecule has 7 heteroatoms. The zero-order valence-corrected chi connectivity index (χ0v) is 14.8. The Hall–Kier alpha value is -2.85. The summed E-state index contributed by atoms with van der Waals surface area (Å²) in [6.45, 7) is 4.59. The van der Waals surface area contributed by atoms with Crippen LogP contribution in [0.4, 0.5) is 0 Å². The Kier molecular flexibility index (Phi) is 5.31. The average molecular weight is 351 g/mol. The van der Waals surface area contributed by atoms with E-state index in [4.69, 9.17) is 10.00 Å². The van der Waals surface area contributed by atoms with Crippen molar-refractivity contribution in [2.24, 2.45) is 0 Å². The predicted molar refractivity (Wildman–Crippen MR) is 96.0 cm³/mol. The van der Waals surface area contributed by atoms with Crippen molar-refractivity contribution >= 4 is 11.8 Å². The van der Waals surface area contributed by atoms with E-state index in [1.165, 1.54) is 11.8 Å². The zero-order valence-electron chi connectivity index (χ0n) is 14.0. The Morgan fingerprint density at radius 1 is 1.16 bits per heavy atom. The van der Waals surface area contributed by atoms with Crippen molar-refractivity contribution in [3.63, 3.8) is 0 Å². The fraction of sp³-hybridized carbons (Fsp3) is 0.222. The first kappa shape index (κ1) is 17.0. The number of nitriles is 1. The van der Waals surface area contributed by atoms with Crippen LogP contribution in [0.25, 0.3) is 5.69 Å². The monoisotopic (exact) mass is 351 g/mol. The highest BCUT2D eigenvalue weighted by atomic mass is 32.2. The number of para-hydroxylation sites is 1. The number of thioether (sulfide) groups is 1. The minimum Gasteiger partial charge on any atom is -0.493 e. The smallest absolute Gasteiger partial charge is 0.214 e. The molecule has 0 saturated heterocycles. The Morgan fingerprint density at radius 2 is 1.92 bits per heavy atom. The lowest BCUT2D eigenvalue weighted by Crippen LogP contribution is -2.06. The van der Waals surface area contributed by atoms with E-state index in [-0.39, 0.29) is 0 Å². The van der Waals surface area contributed by atoms with E-state index in [1.54, 1.807) is 16.8 Å². The summed E-state index contributed by atoms with van der Waals surface area (Å²) in [7, 11) is 0. The zero-order chi connectivity index (χ0) is 17.6. The topological polar surface area (TPSA) is 76.6 Å². The third kappa shape index (κ3) is 3.98. The Morgan fingerprint density at radius 3 is 2.68 bits per heavy atom. The summed E-state index contributed by atoms with van der Waals surface area (Å²) in [4.78, 5) is 0. The number of hydrogen-bond acceptors (Lipinski definition) is 6. The highest BCUT2D eigenvalue weighted by Gasteiger charge is 2.13. The van der Waals surface area contributed by atoms with E-state index in [1.807, 2.05) is 44.2 Å². The van der Waals surface area contributed by atoms with Crippen molar-refractivity contribution in [3.05, 3.63) is 59.2 Å². The number of rotatable bonds is 6. The molecule has 6 nitrogen and oxygen atoms in total. The predicted octanol–water partition coefficient (Wildman–Crippen LogP) is 3.32. The molecule has 0 aliphatic carbocycles. The van der Waals surface area contributed by atoms with Gasteiger partial charge in [-0.25, -0.2) is 0 Å². The first-order chi connectivity index (χ1) is 12.2. The molecule has 3 rings (SSSR count). The summed E-state index contributed by atoms with van der Waals surface area (Å²) in [5.74, 6) is 1.39. The van der Waals surface area contributed by atoms with Gasteiger partial charge in [0.15, 0.2) is 0 Å². The molecule has 1 aromatic heterocycles. The van der Waals surface area contributed by atoms with Gasteiger partial charge in [-0.2, -0.15) is 9.94 Å². The van der Waals surface area contributed by atoms with Gasteiger partial charge < -0.3 is 4.74 Å². The summed E-state index contributed by atoms with van der Waals surface area (Å²) in [5.41, 5.74) is 3.85. The van der Waals surface area contributed by atoms with Crippen LogP contribution in [0.3, 0.4) is 0 Å². The molecule has 0 bridgehead atoms. The first-order valence-corrected chi connectivity index (χ1v) is 8.78. The maximum Gasteiger partial charge on any atom is 0.214 e. The molecule has 126 valence electrons. The molecule has 0 aliphatic heterocycles. The number of aromatic nitrogens is 4. The summed E-state index contributed by atoms with van der Waals surface area (Å²) in [6, 6.07) is 15.3. The number of ether oxygens (including phenoxy) is 1. The van der Waals surface area contributed by atoms with E-state index < -0.39 is 0 Å². The molecular formula is C18H17N5OS. The van der Waals surface area contributed by atoms with Crippen molar-refractivity contribution in [1.29, 1.82) is 5.26 Å². The second kappa shape index (κ2) is 7.81. The van der Waals surface area contributed by atoms with Gasteiger partial charge in [-0.15, -0.1) is 5.10 Å². The van der Waals surface area contributed by atoms with Gasteiger partial charge in [-0.1, -0.05) is 36.0 Å². The SMILES string of the molecule is Cc1cccc(C)c1-n1nnnc1SCCOc1cccc(C#N)c1. The van der Waals surface area contributed by atoms with Crippen LogP contribution in [0, 0.1) is 25.2 Å². The highest BCUT2D eigenvalue weighted by Crippen LogP contribution is 2.23. The van der Waals surface area contributed by atoms with Gasteiger partial charge in [-0.3, -0.25) is 0 Å². The van der Waals surface area contributed by atoms with Crippen LogP contribution < -0.4 is 4.74 Å². The largest absolute Gasteiger partial charge is 0.493 e. The number of tetrazole rings is 1. The van der Waals surface area contributed by atoms with Crippen molar-refractivity contribution in [2.75, 3.05) is 12.4 Å². The molecule has 0 atom stereocenters. The average Bonchev–Trinajstić information content (AvgIpc) is 3.07. The van der Waals surface area contributed by atoms with Gasteiger partial charge in [0.25, 0.3) is 0 Å². The fourth-order valence-corrected chi connectivity index (χ4v) is 3.19. The lowest BCUT2D eigenvalue weighted by molar-refractivity contribution is 0.343. The number of benzene rings is 2. The molecular weight excluding hydrogens is 334 g/mol. The second-order valence-corrected chi connectivity index (χ2v) is 6.51. The standard InChI is InChI=1S/C18H17N5OS/c1-13-5-3-6-14(2)17(13)23-18(20-21-22-23)25-10-9-24-16-8-4-7-15(11-16)12-19/h3-8,11H,9-10H2,1-2H3. The van der Waals surface area contributed by atoms with Crippen LogP contribution in [0.15, 0.2) is 47.6 Å². The summed E-state index contributed by atoms with van der Waals surface area (Å²) in [6.07, 6.45) is 0. The van der Waals surface area contributed by atoms with Crippen LogP contribution in [0.5, 0.6) is 5.75 Å². The fourth-order valence-electron chi connectivity index (χ4n) is 2.50. The van der Waals surface area contributed by atoms with Crippen LogP contribution >= 0.6 is 11.8 Å². The van der Waals surface area contributed by atoms with E-state index in [0.717, 1.165) is 22.0 Å². The van der Waals surface area contributed by atoms with E-state index in [0.29, 0.717) is 23.7 Å². The number of nitrogens with zero attached hydrogens (tertiary/aromatic N) is 5. The molecule has 0 radical (unpaired) electrons. The molecule has 25 heavy (non-hydrogen) atoms. The lowest BCUT2D eigenvalue weighted by atomic mass is 10.1. The van der Waals surface area contributed by atoms with E-state index in [2.05, 4.69) is 21.6 Å². The number of aryl methyl sites for hydroxylation is 2. The summed E-state index contributed by atoms with van der Waals surface area (Å²) < 4.78 is 7.46. The molecule has 2 aromatic carbocycles. The Labute approximate surface area is 150 Å². The highest BCUT2D eigenvalue weighted by molar-refractivity contribution is 7.99. The molecule has 0 spiro atoms. The molecule has 0 fully saturated rings. The van der Waals surface area contributed by atoms with Gasteiger partial charge >= 0.3 is 0 Å². The molecule has 0 saturated carbocycles. The van der Waals surface area contributed by atoms with E-state index in [9.17, 15) is 0 Å². The summed E-state index contributed by atoms with van der Waals surface area (Å²) in [5, 5.41) is 21.7. The molecule has 0 aliphatic rings. The Balaban J connectivity index is 1.64. The minimum atomic E-state index is 0.499. The minimum absolute atomic E-state index is 0.499. The van der Waals surface area contributed by atoms with Gasteiger partial charge in [0.2, 0.25) is 5.16 Å². The van der Waals surface area contributed by atoms with Gasteiger partial charge in [0.1, 0.15) is 5.75 Å². The van der Waals surface area contributed by atoms with Crippen LogP contribution in [-0.2, 0) is 0 Å². The molecule has 0 N–H and O–H groups in total. The number of hydrogen-bond donors (Lipinski definition) is 0. The quantitative estimate of drug-likeness (QED) is 0.501. The molecule has 3 aromatic rings. The third-order valence-electron chi connectivity index (χ3n) is 3.64. The van der Waals surface area contributed by atoms with Gasteiger partial charge in [-0.05, 0) is 53.6 Å². The third-order valence-corrected chi connectivity index (χ3v) is 4.52. The second-order valence-electron chi connectivity index (χ2n) is 5.45. The Bertz CT molecular complexity index is 896. The van der Waals surface area contributed by atoms with Crippen molar-refractivity contribution in [1.82, 2.24) is 20.2 Å². The summed E-state index contributed by atoms with van der Waals surface area (Å²) >= 11 is 1.53. The van der Waals surface area contributed by atoms with Crippen molar-refractivity contribution in [2.45, 2.75) is 19.0 Å². The van der Waals surface area contributed by atoms with Crippen LogP contribution in [0.1, 0.15) is 16.7 Å². The van der Waals surface area contributed by atoms with Crippen LogP contribution in [0.2, 0.25) is 0 Å². The van der Waals surface area contributed by atoms with Crippen molar-refractivity contribution < 1.29 is 4.74 Å². The van der Waals surface area contributed by atoms with Crippen molar-refractivity contribution in [3.8, 4) is 17.5 Å². The normalized spacial score (nSPS) is 10.4. The maximum absolute atomic E-state index is 8.91. The molecule has 0 unspecified atom stereocenters. The van der Waals surface area contributed by atoms with Gasteiger partial charge in [0.05, 0.1) is 23.9 Å². The lowest BCUT2D eigenvalue weighted by Gasteiger charge is -2.10. The van der Waals surface area contributed by atoms with Crippen LogP contribution in [-0.4, -0.2) is 32.6 Å². The molecule has 0 amide bonds. The molecule has 1 heterocycles. The maximum atomic E-state index is 8.91.